The Hall–Kier alpha value is -7.88. The molecule has 1 amide bonds. The van der Waals surface area contributed by atoms with Crippen molar-refractivity contribution in [2.75, 3.05) is 6.61 Å². The quantitative estimate of drug-likeness (QED) is 0.0399. The van der Waals surface area contributed by atoms with Crippen molar-refractivity contribution >= 4 is 47.5 Å². The number of hydrogen-bond acceptors (Lipinski definition) is 19. The van der Waals surface area contributed by atoms with Crippen molar-refractivity contribution in [1.29, 1.82) is 0 Å². The Balaban J connectivity index is 0.881. The van der Waals surface area contributed by atoms with Crippen molar-refractivity contribution in [3.63, 3.8) is 0 Å². The molecular weight excluding hydrogens is 1250 g/mol. The standard InChI is InChI=1S/C78H93NO19/c1-43(27-34-57(83)49-29-30-49)55-32-33-56-48(26-19-37-75(55,56)8)28-31-53-38-54(82)39-58(44(53)2)94-62(84)35-36-63(85)96-60-40-61-77(42-92-61,98-47(5)81)68-70(97-72(89)52-24-17-12-18-25-52)78(91)41-59(45(3)64(74(78,6)7)67(93-46(4)80)69(87)76(60,68)9)95-73(90)66(86)65(50-20-13-10-14-21-50)79-71(88)51-22-15-11-16-23-51/h10-18,20-25,27-28,31,34,43,49,54-61,65-68,70,82-83,86,91H,2,19,26,29-30,32-33,35-42H2,1,3-9H3,(H,79,88)/b34-27+,48-28+,53-31-/t43-,54+,55?,56?,57?,58-,59?,60?,61?,65?,66?,67?,68?,70?,75+,76?,77?,78?/m0/s1. The van der Waals surface area contributed by atoms with E-state index in [-0.39, 0.29) is 46.6 Å². The van der Waals surface area contributed by atoms with Crippen molar-refractivity contribution in [1.82, 2.24) is 5.32 Å². The van der Waals surface area contributed by atoms with Gasteiger partial charge in [0.25, 0.3) is 5.91 Å². The summed E-state index contributed by atoms with van der Waals surface area (Å²) in [5, 5.41) is 50.9. The highest BCUT2D eigenvalue weighted by Gasteiger charge is 2.79. The number of carbonyl (C=O) groups is 8. The zero-order valence-corrected chi connectivity index (χ0v) is 57.1. The molecule has 524 valence electrons. The number of esters is 6. The first-order valence-corrected chi connectivity index (χ1v) is 34.6. The van der Waals surface area contributed by atoms with Gasteiger partial charge >= 0.3 is 35.8 Å². The van der Waals surface area contributed by atoms with Crippen LogP contribution in [0.1, 0.15) is 171 Å². The molecule has 5 N–H and O–H groups in total. The first-order valence-electron chi connectivity index (χ1n) is 34.6. The molecule has 0 aromatic heterocycles. The fourth-order valence-corrected chi connectivity index (χ4v) is 17.7. The Bertz CT molecular complexity index is 3700. The third-order valence-corrected chi connectivity index (χ3v) is 23.2. The number of amides is 1. The van der Waals surface area contributed by atoms with Gasteiger partial charge in [-0.05, 0) is 146 Å². The third-order valence-electron chi connectivity index (χ3n) is 23.2. The summed E-state index contributed by atoms with van der Waals surface area (Å²) in [7, 11) is 0. The second-order valence-corrected chi connectivity index (χ2v) is 29.5. The number of ketones is 1. The summed E-state index contributed by atoms with van der Waals surface area (Å²) in [6, 6.07) is 22.6. The number of aliphatic hydroxyl groups excluding tert-OH is 3. The lowest BCUT2D eigenvalue weighted by Crippen LogP contribution is -2.82. The summed E-state index contributed by atoms with van der Waals surface area (Å²) in [5.74, 6) is -7.77. The van der Waals surface area contributed by atoms with Crippen LogP contribution in [-0.4, -0.2) is 141 Å². The second kappa shape index (κ2) is 28.4. The maximum Gasteiger partial charge on any atom is 0.338 e. The van der Waals surface area contributed by atoms with Crippen LogP contribution in [0.15, 0.2) is 150 Å². The molecule has 1 saturated heterocycles. The van der Waals surface area contributed by atoms with Crippen LogP contribution in [0.25, 0.3) is 0 Å². The Morgan fingerprint density at radius 3 is 2.03 bits per heavy atom. The van der Waals surface area contributed by atoms with Crippen LogP contribution in [0, 0.1) is 45.8 Å². The largest absolute Gasteiger partial charge is 0.461 e. The SMILES string of the molecule is C=C1/C(=C\C=C2/CCC[C@@]3(C)C2CCC3[C@@H](C)/C=C/C(O)C2CC2)C[C@@H](O)C[C@@H]1OC(=O)CCC(=O)OC1CC2OCC2(OC(C)=O)C2C(OC(=O)c3ccccc3)C3(O)CC(OC(=O)C(O)C(NC(=O)c4ccccc4)c4ccccc4)C(C)=C(C(OC(C)=O)C(=O)C12C)C3(C)C. The molecule has 8 aliphatic rings. The number of hydrogen-bond donors (Lipinski definition) is 5. The molecule has 11 rings (SSSR count). The van der Waals surface area contributed by atoms with Crippen LogP contribution in [0.3, 0.4) is 0 Å². The van der Waals surface area contributed by atoms with Crippen LogP contribution in [0.2, 0.25) is 0 Å². The van der Waals surface area contributed by atoms with E-state index in [4.69, 9.17) is 33.2 Å². The van der Waals surface area contributed by atoms with E-state index in [2.05, 4.69) is 37.9 Å². The second-order valence-electron chi connectivity index (χ2n) is 29.5. The Labute approximate surface area is 572 Å². The van der Waals surface area contributed by atoms with Gasteiger partial charge in [0.05, 0.1) is 54.6 Å². The summed E-state index contributed by atoms with van der Waals surface area (Å²) in [4.78, 5) is 116. The summed E-state index contributed by atoms with van der Waals surface area (Å²) in [5.41, 5.74) is -5.40. The van der Waals surface area contributed by atoms with Crippen LogP contribution in [0.4, 0.5) is 0 Å². The van der Waals surface area contributed by atoms with Crippen molar-refractivity contribution in [3.8, 4) is 0 Å². The van der Waals surface area contributed by atoms with E-state index in [0.717, 1.165) is 64.4 Å². The fourth-order valence-electron chi connectivity index (χ4n) is 17.7. The smallest absolute Gasteiger partial charge is 0.338 e. The van der Waals surface area contributed by atoms with E-state index in [1.165, 1.54) is 45.4 Å². The molecule has 3 aromatic carbocycles. The lowest BCUT2D eigenvalue weighted by Gasteiger charge is -2.67. The Kier molecular flexibility index (Phi) is 20.7. The average molecular weight is 1350 g/mol. The van der Waals surface area contributed by atoms with Gasteiger partial charge in [-0.3, -0.25) is 28.8 Å². The molecular formula is C78H93NO19. The number of Topliss-reactive ketones (excluding diaryl/α,β-unsaturated/α-hetero) is 1. The molecule has 6 saturated carbocycles. The molecule has 0 spiro atoms. The van der Waals surface area contributed by atoms with E-state index in [0.29, 0.717) is 41.2 Å². The number of allylic oxidation sites excluding steroid dienone is 4. The van der Waals surface area contributed by atoms with Gasteiger partial charge in [-0.2, -0.15) is 0 Å². The zero-order valence-electron chi connectivity index (χ0n) is 57.1. The summed E-state index contributed by atoms with van der Waals surface area (Å²) >= 11 is 0. The lowest BCUT2D eigenvalue weighted by molar-refractivity contribution is -0.346. The van der Waals surface area contributed by atoms with E-state index in [1.807, 2.05) is 12.2 Å². The number of fused-ring (bicyclic) bond motifs is 6. The van der Waals surface area contributed by atoms with E-state index >= 15 is 4.79 Å². The van der Waals surface area contributed by atoms with Crippen LogP contribution in [-0.2, 0) is 61.9 Å². The minimum absolute atomic E-state index is 0.00475. The van der Waals surface area contributed by atoms with Crippen molar-refractivity contribution in [2.24, 2.45) is 45.8 Å². The molecule has 7 fully saturated rings. The summed E-state index contributed by atoms with van der Waals surface area (Å²) in [6.07, 6.45) is 1.23. The van der Waals surface area contributed by atoms with Crippen LogP contribution in [0.5, 0.6) is 0 Å². The first-order chi connectivity index (χ1) is 46.5. The third kappa shape index (κ3) is 13.7. The van der Waals surface area contributed by atoms with Gasteiger partial charge in [-0.25, -0.2) is 9.59 Å². The molecule has 2 bridgehead atoms. The van der Waals surface area contributed by atoms with Gasteiger partial charge in [0.2, 0.25) is 0 Å². The van der Waals surface area contributed by atoms with Gasteiger partial charge < -0.3 is 58.9 Å². The number of carbonyl (C=O) groups excluding carboxylic acids is 8. The predicted molar refractivity (Wildman–Crippen MR) is 356 cm³/mol. The van der Waals surface area contributed by atoms with Crippen molar-refractivity contribution < 1.29 is 91.9 Å². The summed E-state index contributed by atoms with van der Waals surface area (Å²) in [6.45, 7) is 16.7. The maximum absolute atomic E-state index is 16.6. The topological polar surface area (TPSA) is 294 Å². The summed E-state index contributed by atoms with van der Waals surface area (Å²) < 4.78 is 43.8. The number of ether oxygens (including phenoxy) is 7. The van der Waals surface area contributed by atoms with Gasteiger partial charge in [-0.15, -0.1) is 0 Å². The highest BCUT2D eigenvalue weighted by Crippen LogP contribution is 2.66. The predicted octanol–water partition coefficient (Wildman–Crippen LogP) is 9.72. The molecule has 98 heavy (non-hydrogen) atoms. The molecule has 3 aromatic rings. The highest BCUT2D eigenvalue weighted by atomic mass is 16.6. The van der Waals surface area contributed by atoms with Crippen LogP contribution >= 0.6 is 0 Å². The monoisotopic (exact) mass is 1350 g/mol. The molecule has 0 radical (unpaired) electrons. The van der Waals surface area contributed by atoms with Gasteiger partial charge in [0, 0.05) is 44.1 Å². The molecule has 14 unspecified atom stereocenters. The zero-order chi connectivity index (χ0) is 70.4. The van der Waals surface area contributed by atoms with Gasteiger partial charge in [0.1, 0.15) is 36.1 Å². The fraction of sp³-hybridized carbons (Fsp3) is 0.538. The number of aliphatic hydroxyl groups is 4. The molecule has 20 nitrogen and oxygen atoms in total. The highest BCUT2D eigenvalue weighted by molar-refractivity contribution is 5.97. The molecule has 18 atom stereocenters. The Morgan fingerprint density at radius 1 is 0.765 bits per heavy atom. The van der Waals surface area contributed by atoms with Gasteiger partial charge in [-0.1, -0.05) is 131 Å². The lowest BCUT2D eigenvalue weighted by atomic mass is 9.44. The van der Waals surface area contributed by atoms with E-state index in [1.54, 1.807) is 78.9 Å². The van der Waals surface area contributed by atoms with E-state index < -0.39 is 156 Å². The number of rotatable bonds is 20. The Morgan fingerprint density at radius 2 is 1.41 bits per heavy atom. The molecule has 7 aliphatic carbocycles. The average Bonchev–Trinajstić information content (AvgIpc) is 0.854. The molecule has 1 aliphatic heterocycles. The number of benzene rings is 3. The normalized spacial score (nSPS) is 33.8. The van der Waals surface area contributed by atoms with Crippen LogP contribution < -0.4 is 5.32 Å². The van der Waals surface area contributed by atoms with E-state index in [9.17, 15) is 54.0 Å². The minimum atomic E-state index is -2.56. The van der Waals surface area contributed by atoms with Gasteiger partial charge in [0.15, 0.2) is 23.6 Å². The van der Waals surface area contributed by atoms with Crippen molar-refractivity contribution in [3.05, 3.63) is 166 Å². The molecule has 1 heterocycles. The first kappa shape index (κ1) is 71.4. The molecule has 20 heteroatoms. The maximum atomic E-state index is 16.6. The van der Waals surface area contributed by atoms with Crippen molar-refractivity contribution in [2.45, 2.75) is 211 Å². The minimum Gasteiger partial charge on any atom is -0.461 e. The number of nitrogens with one attached hydrogen (secondary N) is 1.